The van der Waals surface area contributed by atoms with Gasteiger partial charge in [0, 0.05) is 19.2 Å². The molecule has 1 unspecified atom stereocenters. The van der Waals surface area contributed by atoms with Gasteiger partial charge in [-0.25, -0.2) is 9.97 Å². The van der Waals surface area contributed by atoms with Crippen LogP contribution in [0.25, 0.3) is 0 Å². The maximum absolute atomic E-state index is 11.6. The molecule has 0 spiro atoms. The standard InChI is InChI=1S/C12H21N5O/c1-4-6-14-10-7-11(16-8-15-10)17-9(3)12(18)13-5-2/h7-9H,4-6H2,1-3H3,(H,13,18)(H2,14,15,16,17). The lowest BCUT2D eigenvalue weighted by molar-refractivity contribution is -0.121. The Hall–Kier alpha value is -1.85. The zero-order valence-electron chi connectivity index (χ0n) is 11.2. The molecular weight excluding hydrogens is 230 g/mol. The molecule has 6 nitrogen and oxygen atoms in total. The van der Waals surface area contributed by atoms with Gasteiger partial charge in [-0.15, -0.1) is 0 Å². The third-order valence-electron chi connectivity index (χ3n) is 2.33. The van der Waals surface area contributed by atoms with Crippen LogP contribution in [-0.4, -0.2) is 35.0 Å². The fourth-order valence-electron chi connectivity index (χ4n) is 1.40. The summed E-state index contributed by atoms with van der Waals surface area (Å²) in [6, 6.07) is 1.48. The summed E-state index contributed by atoms with van der Waals surface area (Å²) in [5.74, 6) is 1.36. The first kappa shape index (κ1) is 14.2. The summed E-state index contributed by atoms with van der Waals surface area (Å²) in [5, 5.41) is 8.96. The average Bonchev–Trinajstić information content (AvgIpc) is 2.37. The van der Waals surface area contributed by atoms with Crippen LogP contribution in [0.1, 0.15) is 27.2 Å². The van der Waals surface area contributed by atoms with Crippen LogP contribution in [0.15, 0.2) is 12.4 Å². The van der Waals surface area contributed by atoms with Crippen LogP contribution in [0.3, 0.4) is 0 Å². The van der Waals surface area contributed by atoms with Crippen LogP contribution in [-0.2, 0) is 4.79 Å². The van der Waals surface area contributed by atoms with Crippen molar-refractivity contribution in [2.75, 3.05) is 23.7 Å². The summed E-state index contributed by atoms with van der Waals surface area (Å²) in [6.07, 6.45) is 2.51. The molecule has 100 valence electrons. The van der Waals surface area contributed by atoms with Crippen molar-refractivity contribution in [1.82, 2.24) is 15.3 Å². The van der Waals surface area contributed by atoms with E-state index < -0.39 is 0 Å². The van der Waals surface area contributed by atoms with E-state index in [2.05, 4.69) is 32.8 Å². The number of nitrogens with zero attached hydrogens (tertiary/aromatic N) is 2. The predicted octanol–water partition coefficient (Wildman–Crippen LogP) is 1.23. The van der Waals surface area contributed by atoms with E-state index in [1.165, 1.54) is 6.33 Å². The molecule has 0 fully saturated rings. The lowest BCUT2D eigenvalue weighted by atomic mass is 10.3. The van der Waals surface area contributed by atoms with Crippen LogP contribution in [0.5, 0.6) is 0 Å². The van der Waals surface area contributed by atoms with Gasteiger partial charge in [0.25, 0.3) is 0 Å². The number of amides is 1. The predicted molar refractivity (Wildman–Crippen MR) is 72.6 cm³/mol. The quantitative estimate of drug-likeness (QED) is 0.679. The van der Waals surface area contributed by atoms with Crippen LogP contribution in [0.4, 0.5) is 11.6 Å². The molecule has 1 aromatic rings. The topological polar surface area (TPSA) is 78.9 Å². The Labute approximate surface area is 108 Å². The maximum atomic E-state index is 11.6. The number of hydrogen-bond acceptors (Lipinski definition) is 5. The van der Waals surface area contributed by atoms with Crippen LogP contribution < -0.4 is 16.0 Å². The van der Waals surface area contributed by atoms with Crippen LogP contribution >= 0.6 is 0 Å². The second-order valence-electron chi connectivity index (χ2n) is 3.98. The Morgan fingerprint density at radius 2 is 2.06 bits per heavy atom. The van der Waals surface area contributed by atoms with Gasteiger partial charge in [-0.1, -0.05) is 6.92 Å². The molecule has 1 atom stereocenters. The van der Waals surface area contributed by atoms with Gasteiger partial charge in [0.05, 0.1) is 0 Å². The molecule has 0 aromatic carbocycles. The number of nitrogens with one attached hydrogen (secondary N) is 3. The van der Waals surface area contributed by atoms with Gasteiger partial charge >= 0.3 is 0 Å². The zero-order chi connectivity index (χ0) is 13.4. The Morgan fingerprint density at radius 1 is 1.33 bits per heavy atom. The SMILES string of the molecule is CCCNc1cc(NC(C)C(=O)NCC)ncn1. The number of anilines is 2. The minimum absolute atomic E-state index is 0.0424. The Bertz CT molecular complexity index is 382. The largest absolute Gasteiger partial charge is 0.370 e. The van der Waals surface area contributed by atoms with Crippen LogP contribution in [0, 0.1) is 0 Å². The lowest BCUT2D eigenvalue weighted by Gasteiger charge is -2.14. The summed E-state index contributed by atoms with van der Waals surface area (Å²) in [5.41, 5.74) is 0. The second-order valence-corrected chi connectivity index (χ2v) is 3.98. The number of likely N-dealkylation sites (N-methyl/N-ethyl adjacent to an activating group) is 1. The van der Waals surface area contributed by atoms with Crippen molar-refractivity contribution in [2.24, 2.45) is 0 Å². The summed E-state index contributed by atoms with van der Waals surface area (Å²) in [4.78, 5) is 19.8. The molecule has 1 aromatic heterocycles. The van der Waals surface area contributed by atoms with Crippen molar-refractivity contribution < 1.29 is 4.79 Å². The highest BCUT2D eigenvalue weighted by molar-refractivity contribution is 5.83. The zero-order valence-corrected chi connectivity index (χ0v) is 11.2. The van der Waals surface area contributed by atoms with Gasteiger partial charge in [-0.05, 0) is 20.3 Å². The molecule has 0 bridgehead atoms. The van der Waals surface area contributed by atoms with E-state index in [-0.39, 0.29) is 11.9 Å². The van der Waals surface area contributed by atoms with Crippen LogP contribution in [0.2, 0.25) is 0 Å². The van der Waals surface area contributed by atoms with Gasteiger partial charge < -0.3 is 16.0 Å². The van der Waals surface area contributed by atoms with E-state index in [9.17, 15) is 4.79 Å². The van der Waals surface area contributed by atoms with E-state index in [0.29, 0.717) is 12.4 Å². The molecule has 0 saturated heterocycles. The van der Waals surface area contributed by atoms with E-state index in [1.807, 2.05) is 6.92 Å². The summed E-state index contributed by atoms with van der Waals surface area (Å²) < 4.78 is 0. The van der Waals surface area contributed by atoms with Crippen molar-refractivity contribution in [2.45, 2.75) is 33.2 Å². The highest BCUT2D eigenvalue weighted by Gasteiger charge is 2.11. The average molecular weight is 251 g/mol. The van der Waals surface area contributed by atoms with E-state index in [1.54, 1.807) is 13.0 Å². The first-order valence-corrected chi connectivity index (χ1v) is 6.27. The molecule has 3 N–H and O–H groups in total. The second kappa shape index (κ2) is 7.47. The maximum Gasteiger partial charge on any atom is 0.242 e. The first-order valence-electron chi connectivity index (χ1n) is 6.27. The fourth-order valence-corrected chi connectivity index (χ4v) is 1.40. The summed E-state index contributed by atoms with van der Waals surface area (Å²) in [6.45, 7) is 7.26. The molecular formula is C12H21N5O. The number of carbonyl (C=O) groups is 1. The van der Waals surface area contributed by atoms with Gasteiger partial charge in [-0.3, -0.25) is 4.79 Å². The van der Waals surface area contributed by atoms with Crippen molar-refractivity contribution in [3.05, 3.63) is 12.4 Å². The van der Waals surface area contributed by atoms with Crippen molar-refractivity contribution in [1.29, 1.82) is 0 Å². The van der Waals surface area contributed by atoms with Gasteiger partial charge in [0.1, 0.15) is 24.0 Å². The fraction of sp³-hybridized carbons (Fsp3) is 0.583. The van der Waals surface area contributed by atoms with Crippen molar-refractivity contribution >= 4 is 17.5 Å². The smallest absolute Gasteiger partial charge is 0.242 e. The Balaban J connectivity index is 2.58. The van der Waals surface area contributed by atoms with Crippen molar-refractivity contribution in [3.63, 3.8) is 0 Å². The molecule has 0 aliphatic heterocycles. The lowest BCUT2D eigenvalue weighted by Crippen LogP contribution is -2.37. The molecule has 1 amide bonds. The number of aromatic nitrogens is 2. The normalized spacial score (nSPS) is 11.7. The Morgan fingerprint density at radius 3 is 2.72 bits per heavy atom. The number of hydrogen-bond donors (Lipinski definition) is 3. The molecule has 0 saturated carbocycles. The third kappa shape index (κ3) is 4.57. The Kier molecular flexibility index (Phi) is 5.90. The monoisotopic (exact) mass is 251 g/mol. The molecule has 1 heterocycles. The van der Waals surface area contributed by atoms with E-state index >= 15 is 0 Å². The molecule has 18 heavy (non-hydrogen) atoms. The molecule has 1 rings (SSSR count). The number of carbonyl (C=O) groups excluding carboxylic acids is 1. The molecule has 0 aliphatic carbocycles. The molecule has 6 heteroatoms. The highest BCUT2D eigenvalue weighted by Crippen LogP contribution is 2.09. The summed E-state index contributed by atoms with van der Waals surface area (Å²) in [7, 11) is 0. The van der Waals surface area contributed by atoms with E-state index in [0.717, 1.165) is 18.8 Å². The van der Waals surface area contributed by atoms with Gasteiger partial charge in [-0.2, -0.15) is 0 Å². The first-order chi connectivity index (χ1) is 8.67. The number of rotatable bonds is 7. The summed E-state index contributed by atoms with van der Waals surface area (Å²) >= 11 is 0. The van der Waals surface area contributed by atoms with Crippen molar-refractivity contribution in [3.8, 4) is 0 Å². The van der Waals surface area contributed by atoms with E-state index in [4.69, 9.17) is 0 Å². The minimum Gasteiger partial charge on any atom is -0.370 e. The minimum atomic E-state index is -0.320. The highest BCUT2D eigenvalue weighted by atomic mass is 16.2. The molecule has 0 aliphatic rings. The molecule has 0 radical (unpaired) electrons. The third-order valence-corrected chi connectivity index (χ3v) is 2.33. The van der Waals surface area contributed by atoms with Gasteiger partial charge in [0.15, 0.2) is 0 Å². The van der Waals surface area contributed by atoms with Gasteiger partial charge in [0.2, 0.25) is 5.91 Å².